The van der Waals surface area contributed by atoms with Crippen LogP contribution in [0.1, 0.15) is 48.5 Å². The van der Waals surface area contributed by atoms with Crippen LogP contribution in [0.3, 0.4) is 0 Å². The van der Waals surface area contributed by atoms with E-state index in [1.807, 2.05) is 37.3 Å². The van der Waals surface area contributed by atoms with Crippen LogP contribution in [0.2, 0.25) is 0 Å². The number of fused-ring (bicyclic) bond motifs is 3. The molecule has 0 spiro atoms. The molecule has 3 aromatic rings. The van der Waals surface area contributed by atoms with Crippen molar-refractivity contribution in [1.29, 1.82) is 0 Å². The van der Waals surface area contributed by atoms with E-state index in [2.05, 4.69) is 4.90 Å². The summed E-state index contributed by atoms with van der Waals surface area (Å²) in [6.07, 6.45) is 3.84. The Labute approximate surface area is 275 Å². The van der Waals surface area contributed by atoms with Gasteiger partial charge in [-0.1, -0.05) is 18.9 Å². The fourth-order valence-corrected chi connectivity index (χ4v) is 6.26. The molecular weight excluding hydrogens is 616 g/mol. The molecule has 0 unspecified atom stereocenters. The van der Waals surface area contributed by atoms with Crippen molar-refractivity contribution in [3.8, 4) is 39.9 Å². The molecule has 12 heteroatoms. The lowest BCUT2D eigenvalue weighted by Gasteiger charge is -2.34. The van der Waals surface area contributed by atoms with Gasteiger partial charge in [0.15, 0.2) is 23.0 Å². The quantitative estimate of drug-likeness (QED) is 0.169. The topological polar surface area (TPSA) is 105 Å². The minimum absolute atomic E-state index is 0. The number of methoxy groups -OCH3 is 2. The average Bonchev–Trinajstić information content (AvgIpc) is 3.69. The van der Waals surface area contributed by atoms with Gasteiger partial charge in [-0.2, -0.15) is 0 Å². The molecule has 0 aromatic heterocycles. The Kier molecular flexibility index (Phi) is 10.9. The Bertz CT molecular complexity index is 1570. The summed E-state index contributed by atoms with van der Waals surface area (Å²) in [7, 11) is 3.19. The monoisotopic (exact) mass is 656 g/mol. The molecule has 0 saturated carbocycles. The molecule has 0 radical (unpaired) electrons. The van der Waals surface area contributed by atoms with Gasteiger partial charge in [-0.15, -0.1) is 12.4 Å². The van der Waals surface area contributed by atoms with Crippen LogP contribution in [-0.2, 0) is 16.1 Å². The normalized spacial score (nSPS) is 15.3. The first-order valence-electron chi connectivity index (χ1n) is 15.6. The van der Waals surface area contributed by atoms with Crippen molar-refractivity contribution in [2.24, 2.45) is 0 Å². The zero-order valence-corrected chi connectivity index (χ0v) is 27.4. The van der Waals surface area contributed by atoms with Crippen LogP contribution in [0.4, 0.5) is 4.79 Å². The van der Waals surface area contributed by atoms with Gasteiger partial charge in [-0.25, -0.2) is 9.59 Å². The third-order valence-electron chi connectivity index (χ3n) is 8.59. The van der Waals surface area contributed by atoms with E-state index in [9.17, 15) is 9.59 Å². The predicted octanol–water partition coefficient (Wildman–Crippen LogP) is 6.06. The van der Waals surface area contributed by atoms with Crippen LogP contribution in [0.15, 0.2) is 30.3 Å². The summed E-state index contributed by atoms with van der Waals surface area (Å²) in [6.45, 7) is 7.21. The van der Waals surface area contributed by atoms with Gasteiger partial charge < -0.3 is 38.1 Å². The summed E-state index contributed by atoms with van der Waals surface area (Å²) in [5.41, 5.74) is 2.76. The lowest BCUT2D eigenvalue weighted by molar-refractivity contribution is 0.0534. The number of piperazine rings is 1. The number of ether oxygens (including phenoxy) is 7. The second kappa shape index (κ2) is 15.0. The summed E-state index contributed by atoms with van der Waals surface area (Å²) >= 11 is 0. The molecule has 0 bridgehead atoms. The van der Waals surface area contributed by atoms with Gasteiger partial charge in [-0.3, -0.25) is 4.90 Å². The highest BCUT2D eigenvalue weighted by molar-refractivity contribution is 6.14. The first-order valence-corrected chi connectivity index (χ1v) is 15.6. The third kappa shape index (κ3) is 6.71. The number of esters is 1. The van der Waals surface area contributed by atoms with E-state index < -0.39 is 0 Å². The molecule has 0 atom stereocenters. The van der Waals surface area contributed by atoms with E-state index in [0.717, 1.165) is 72.8 Å². The lowest BCUT2D eigenvalue weighted by atomic mass is 9.89. The van der Waals surface area contributed by atoms with Crippen molar-refractivity contribution in [2.75, 3.05) is 67.0 Å². The number of hydrogen-bond acceptors (Lipinski definition) is 10. The summed E-state index contributed by atoms with van der Waals surface area (Å²) < 4.78 is 39.6. The first kappa shape index (κ1) is 33.3. The number of halogens is 1. The summed E-state index contributed by atoms with van der Waals surface area (Å²) in [5.74, 6) is 2.66. The second-order valence-corrected chi connectivity index (χ2v) is 11.2. The molecule has 1 saturated heterocycles. The lowest BCUT2D eigenvalue weighted by Crippen LogP contribution is -2.49. The Morgan fingerprint density at radius 2 is 1.57 bits per heavy atom. The smallest absolute Gasteiger partial charge is 0.409 e. The summed E-state index contributed by atoms with van der Waals surface area (Å²) in [4.78, 5) is 29.3. The minimum atomic E-state index is -0.387. The molecule has 3 aliphatic rings. The van der Waals surface area contributed by atoms with Crippen LogP contribution < -0.4 is 23.7 Å². The van der Waals surface area contributed by atoms with Gasteiger partial charge in [0.1, 0.15) is 12.4 Å². The van der Waals surface area contributed by atoms with Gasteiger partial charge in [0.05, 0.1) is 33.0 Å². The molecule has 11 nitrogen and oxygen atoms in total. The molecule has 46 heavy (non-hydrogen) atoms. The van der Waals surface area contributed by atoms with Gasteiger partial charge in [0.2, 0.25) is 6.79 Å². The van der Waals surface area contributed by atoms with Crippen molar-refractivity contribution in [3.63, 3.8) is 0 Å². The van der Waals surface area contributed by atoms with Gasteiger partial charge in [0.25, 0.3) is 0 Å². The van der Waals surface area contributed by atoms with Crippen molar-refractivity contribution < 1.29 is 42.7 Å². The number of unbranched alkanes of at least 4 members (excludes halogenated alkanes) is 3. The maximum atomic E-state index is 13.2. The maximum Gasteiger partial charge on any atom is 0.409 e. The van der Waals surface area contributed by atoms with Crippen molar-refractivity contribution >= 4 is 35.2 Å². The maximum absolute atomic E-state index is 13.2. The van der Waals surface area contributed by atoms with E-state index in [-0.39, 0.29) is 37.9 Å². The largest absolute Gasteiger partial charge is 0.493 e. The number of rotatable bonds is 12. The first-order chi connectivity index (χ1) is 22.0. The molecular formula is C34H41ClN2O9. The number of benzene rings is 3. The van der Waals surface area contributed by atoms with E-state index >= 15 is 0 Å². The molecule has 0 N–H and O–H groups in total. The zero-order chi connectivity index (χ0) is 31.3. The van der Waals surface area contributed by atoms with Crippen LogP contribution >= 0.6 is 12.4 Å². The fraction of sp³-hybridized carbons (Fsp3) is 0.471. The molecule has 248 valence electrons. The number of carbonyl (C=O) groups excluding carboxylic acids is 2. The Morgan fingerprint density at radius 3 is 2.30 bits per heavy atom. The predicted molar refractivity (Wildman–Crippen MR) is 174 cm³/mol. The minimum Gasteiger partial charge on any atom is -0.493 e. The molecule has 1 fully saturated rings. The van der Waals surface area contributed by atoms with Crippen molar-refractivity contribution in [3.05, 3.63) is 41.5 Å². The number of amides is 1. The van der Waals surface area contributed by atoms with Crippen molar-refractivity contribution in [2.45, 2.75) is 39.2 Å². The number of nitrogens with zero attached hydrogens (tertiary/aromatic N) is 2. The molecule has 0 aliphatic carbocycles. The highest BCUT2D eigenvalue weighted by atomic mass is 35.5. The third-order valence-corrected chi connectivity index (χ3v) is 8.59. The number of carbonyl (C=O) groups is 2. The van der Waals surface area contributed by atoms with E-state index in [1.165, 1.54) is 0 Å². The Hall–Kier alpha value is -4.09. The fourth-order valence-electron chi connectivity index (χ4n) is 6.26. The molecule has 1 amide bonds. The Balaban J connectivity index is 0.00000417. The van der Waals surface area contributed by atoms with Gasteiger partial charge >= 0.3 is 12.1 Å². The standard InChI is InChI=1S/C34H40N2O9.ClH/c1-4-41-34(38)36-14-12-35(13-15-36)11-7-5-6-8-16-42-32-24-19-28(40-3)27(39-2)18-23(24)30(31-25(32)20-43-33(31)37)22-9-10-26-29(17-22)45-21-44-26;/h9-10,17-19H,4-8,11-16,20-21H2,1-3H3;1H. The highest BCUT2D eigenvalue weighted by Gasteiger charge is 2.33. The second-order valence-electron chi connectivity index (χ2n) is 11.2. The van der Waals surface area contributed by atoms with Gasteiger partial charge in [-0.05, 0) is 61.5 Å². The summed E-state index contributed by atoms with van der Waals surface area (Å²) in [5, 5.41) is 1.61. The Morgan fingerprint density at radius 1 is 0.848 bits per heavy atom. The highest BCUT2D eigenvalue weighted by Crippen LogP contribution is 2.49. The zero-order valence-electron chi connectivity index (χ0n) is 26.6. The number of cyclic esters (lactones) is 1. The van der Waals surface area contributed by atoms with E-state index in [1.54, 1.807) is 19.1 Å². The van der Waals surface area contributed by atoms with Crippen molar-refractivity contribution in [1.82, 2.24) is 9.80 Å². The molecule has 3 heterocycles. The van der Waals surface area contributed by atoms with E-state index in [4.69, 9.17) is 33.2 Å². The van der Waals surface area contributed by atoms with Crippen LogP contribution in [0.25, 0.3) is 21.9 Å². The molecule has 3 aliphatic heterocycles. The molecule has 6 rings (SSSR count). The van der Waals surface area contributed by atoms with Crippen LogP contribution in [-0.4, -0.2) is 88.8 Å². The average molecular weight is 657 g/mol. The SMILES string of the molecule is CCOC(=O)N1CCN(CCCCCCOc2c3c(c(-c4ccc5c(c4)OCO5)c4cc(OC)c(OC)cc24)C(=O)OC3)CC1.Cl. The van der Waals surface area contributed by atoms with Gasteiger partial charge in [0, 0.05) is 42.7 Å². The van der Waals surface area contributed by atoms with Crippen LogP contribution in [0.5, 0.6) is 28.7 Å². The van der Waals surface area contributed by atoms with Crippen LogP contribution in [0, 0.1) is 0 Å². The number of hydrogen-bond donors (Lipinski definition) is 0. The van der Waals surface area contributed by atoms with E-state index in [0.29, 0.717) is 60.6 Å². The molecule has 3 aromatic carbocycles. The summed E-state index contributed by atoms with van der Waals surface area (Å²) in [6, 6.07) is 9.46.